The lowest BCUT2D eigenvalue weighted by Gasteiger charge is -2.08. The van der Waals surface area contributed by atoms with Crippen LogP contribution >= 0.6 is 23.2 Å². The molecule has 0 N–H and O–H groups in total. The second kappa shape index (κ2) is 7.24. The van der Waals surface area contributed by atoms with Crippen molar-refractivity contribution in [2.45, 2.75) is 11.4 Å². The van der Waals surface area contributed by atoms with Gasteiger partial charge in [-0.1, -0.05) is 53.5 Å². The molecule has 0 radical (unpaired) electrons. The number of hydrogen-bond donors (Lipinski definition) is 0. The van der Waals surface area contributed by atoms with Crippen molar-refractivity contribution in [1.82, 2.24) is 0 Å². The van der Waals surface area contributed by atoms with Gasteiger partial charge in [-0.2, -0.15) is 0 Å². The second-order valence-electron chi connectivity index (χ2n) is 4.38. The summed E-state index contributed by atoms with van der Waals surface area (Å²) in [6, 6.07) is 13.1. The first kappa shape index (κ1) is 16.3. The smallest absolute Gasteiger partial charge is 0.311 e. The number of Topliss-reactive ketones (excluding diaryl/α,β-unsaturated/α-hetero) is 1. The molecule has 0 aliphatic carbocycles. The lowest BCUT2D eigenvalue weighted by molar-refractivity contribution is -0.386. The first-order valence-corrected chi connectivity index (χ1v) is 7.14. The molecule has 0 fully saturated rings. The van der Waals surface area contributed by atoms with E-state index < -0.39 is 15.5 Å². The number of ketones is 1. The molecule has 2 rings (SSSR count). The summed E-state index contributed by atoms with van der Waals surface area (Å²) < 4.78 is 5.46. The first-order chi connectivity index (χ1) is 10.5. The predicted octanol–water partition coefficient (Wildman–Crippen LogP) is 4.16. The first-order valence-electron chi connectivity index (χ1n) is 6.26. The zero-order chi connectivity index (χ0) is 16.1. The zero-order valence-electron chi connectivity index (χ0n) is 11.2. The summed E-state index contributed by atoms with van der Waals surface area (Å²) in [7, 11) is 0. The highest BCUT2D eigenvalue weighted by molar-refractivity contribution is 6.55. The third-order valence-corrected chi connectivity index (χ3v) is 3.27. The van der Waals surface area contributed by atoms with Gasteiger partial charge in [-0.25, -0.2) is 0 Å². The second-order valence-corrected chi connectivity index (χ2v) is 5.48. The van der Waals surface area contributed by atoms with E-state index in [-0.39, 0.29) is 23.6 Å². The number of alkyl halides is 2. The topological polar surface area (TPSA) is 69.4 Å². The maximum Gasteiger partial charge on any atom is 0.311 e. The molecule has 7 heteroatoms. The number of benzene rings is 2. The van der Waals surface area contributed by atoms with Gasteiger partial charge in [0, 0.05) is 11.6 Å². The molecule has 0 amide bonds. The summed E-state index contributed by atoms with van der Waals surface area (Å²) in [4.78, 5) is 20.9. The lowest BCUT2D eigenvalue weighted by Crippen LogP contribution is -2.09. The molecular weight excluding hydrogens is 329 g/mol. The highest BCUT2D eigenvalue weighted by Crippen LogP contribution is 2.29. The van der Waals surface area contributed by atoms with Gasteiger partial charge in [-0.3, -0.25) is 14.9 Å². The molecule has 0 saturated carbocycles. The molecule has 0 saturated heterocycles. The van der Waals surface area contributed by atoms with Crippen molar-refractivity contribution in [3.8, 4) is 5.75 Å². The van der Waals surface area contributed by atoms with Gasteiger partial charge in [-0.15, -0.1) is 0 Å². The highest BCUT2D eigenvalue weighted by atomic mass is 35.5. The molecule has 22 heavy (non-hydrogen) atoms. The summed E-state index contributed by atoms with van der Waals surface area (Å²) in [5, 5.41) is 11.1. The molecule has 0 aliphatic rings. The van der Waals surface area contributed by atoms with Gasteiger partial charge >= 0.3 is 5.69 Å². The normalized spacial score (nSPS) is 10.5. The van der Waals surface area contributed by atoms with Crippen molar-refractivity contribution in [1.29, 1.82) is 0 Å². The van der Waals surface area contributed by atoms with Crippen molar-refractivity contribution in [3.63, 3.8) is 0 Å². The molecule has 0 heterocycles. The molecule has 0 spiro atoms. The highest BCUT2D eigenvalue weighted by Gasteiger charge is 2.21. The van der Waals surface area contributed by atoms with Crippen LogP contribution in [0.1, 0.15) is 15.9 Å². The molecule has 0 bridgehead atoms. The Balaban J connectivity index is 2.24. The number of rotatable bonds is 6. The summed E-state index contributed by atoms with van der Waals surface area (Å²) in [5.74, 6) is -0.521. The van der Waals surface area contributed by atoms with Crippen LogP contribution in [0.5, 0.6) is 5.75 Å². The number of halogens is 2. The summed E-state index contributed by atoms with van der Waals surface area (Å²) in [5.41, 5.74) is 0.628. The Morgan fingerprint density at radius 2 is 1.86 bits per heavy atom. The van der Waals surface area contributed by atoms with Crippen LogP contribution in [0.4, 0.5) is 5.69 Å². The molecule has 114 valence electrons. The predicted molar refractivity (Wildman–Crippen MR) is 83.7 cm³/mol. The van der Waals surface area contributed by atoms with Crippen molar-refractivity contribution < 1.29 is 14.5 Å². The SMILES string of the molecule is O=C(c1ccc(OCc2ccccc2)c([N+](=O)[O-])c1)C(Cl)Cl. The van der Waals surface area contributed by atoms with Crippen molar-refractivity contribution in [2.75, 3.05) is 0 Å². The van der Waals surface area contributed by atoms with Crippen LogP contribution in [0.3, 0.4) is 0 Å². The number of hydrogen-bond acceptors (Lipinski definition) is 4. The minimum Gasteiger partial charge on any atom is -0.482 e. The van der Waals surface area contributed by atoms with E-state index >= 15 is 0 Å². The van der Waals surface area contributed by atoms with Gasteiger partial charge in [-0.05, 0) is 17.7 Å². The largest absolute Gasteiger partial charge is 0.482 e. The Labute approximate surface area is 136 Å². The number of nitrogens with zero attached hydrogens (tertiary/aromatic N) is 1. The molecular formula is C15H11Cl2NO4. The minimum absolute atomic E-state index is 0.0637. The van der Waals surface area contributed by atoms with Crippen molar-refractivity contribution >= 4 is 34.7 Å². The summed E-state index contributed by atoms with van der Waals surface area (Å²) in [6.07, 6.45) is 0. The van der Waals surface area contributed by atoms with E-state index in [9.17, 15) is 14.9 Å². The number of carbonyl (C=O) groups excluding carboxylic acids is 1. The maximum atomic E-state index is 11.7. The molecule has 0 aromatic heterocycles. The molecule has 5 nitrogen and oxygen atoms in total. The van der Waals surface area contributed by atoms with Crippen molar-refractivity contribution in [2.24, 2.45) is 0 Å². The minimum atomic E-state index is -1.27. The van der Waals surface area contributed by atoms with Gasteiger partial charge in [0.25, 0.3) is 0 Å². The summed E-state index contributed by atoms with van der Waals surface area (Å²) in [6.45, 7) is 0.183. The standard InChI is InChI=1S/C15H11Cl2NO4/c16-15(17)14(19)11-6-7-13(12(8-11)18(20)21)22-9-10-4-2-1-3-5-10/h1-8,15H,9H2. The van der Waals surface area contributed by atoms with Crippen LogP contribution in [0.25, 0.3) is 0 Å². The Morgan fingerprint density at radius 3 is 2.45 bits per heavy atom. The molecule has 0 unspecified atom stereocenters. The Morgan fingerprint density at radius 1 is 1.18 bits per heavy atom. The zero-order valence-corrected chi connectivity index (χ0v) is 12.8. The number of nitro benzene ring substituents is 1. The van der Waals surface area contributed by atoms with E-state index in [4.69, 9.17) is 27.9 Å². The van der Waals surface area contributed by atoms with Crippen LogP contribution in [-0.4, -0.2) is 15.5 Å². The molecule has 0 atom stereocenters. The van der Waals surface area contributed by atoms with Crippen LogP contribution < -0.4 is 4.74 Å². The van der Waals surface area contributed by atoms with Crippen LogP contribution in [0.2, 0.25) is 0 Å². The number of carbonyl (C=O) groups is 1. The van der Waals surface area contributed by atoms with Crippen LogP contribution in [0.15, 0.2) is 48.5 Å². The molecule has 0 aliphatic heterocycles. The van der Waals surface area contributed by atoms with Gasteiger partial charge in [0.1, 0.15) is 6.61 Å². The fourth-order valence-corrected chi connectivity index (χ4v) is 2.05. The van der Waals surface area contributed by atoms with E-state index in [0.29, 0.717) is 0 Å². The van der Waals surface area contributed by atoms with E-state index in [0.717, 1.165) is 11.6 Å². The van der Waals surface area contributed by atoms with Gasteiger partial charge in [0.05, 0.1) is 4.92 Å². The lowest BCUT2D eigenvalue weighted by atomic mass is 10.1. The quantitative estimate of drug-likeness (QED) is 0.343. The Bertz CT molecular complexity index is 689. The maximum absolute atomic E-state index is 11.7. The van der Waals surface area contributed by atoms with Gasteiger partial charge in [0.2, 0.25) is 0 Å². The fraction of sp³-hybridized carbons (Fsp3) is 0.133. The third kappa shape index (κ3) is 3.96. The van der Waals surface area contributed by atoms with E-state index in [1.54, 1.807) is 0 Å². The number of nitro groups is 1. The van der Waals surface area contributed by atoms with Gasteiger partial charge in [0.15, 0.2) is 16.4 Å². The summed E-state index contributed by atoms with van der Waals surface area (Å²) >= 11 is 11.0. The Hall–Kier alpha value is -2.11. The van der Waals surface area contributed by atoms with E-state index in [1.165, 1.54) is 12.1 Å². The number of ether oxygens (including phenoxy) is 1. The van der Waals surface area contributed by atoms with E-state index in [1.807, 2.05) is 30.3 Å². The van der Waals surface area contributed by atoms with Crippen LogP contribution in [-0.2, 0) is 6.61 Å². The van der Waals surface area contributed by atoms with Crippen molar-refractivity contribution in [3.05, 3.63) is 69.8 Å². The average Bonchev–Trinajstić information content (AvgIpc) is 2.52. The third-order valence-electron chi connectivity index (χ3n) is 2.88. The fourth-order valence-electron chi connectivity index (χ4n) is 1.80. The average molecular weight is 340 g/mol. The Kier molecular flexibility index (Phi) is 5.35. The monoisotopic (exact) mass is 339 g/mol. The molecule has 2 aromatic carbocycles. The molecule has 2 aromatic rings. The van der Waals surface area contributed by atoms with E-state index in [2.05, 4.69) is 0 Å². The van der Waals surface area contributed by atoms with Gasteiger partial charge < -0.3 is 4.74 Å². The van der Waals surface area contributed by atoms with Crippen LogP contribution in [0, 0.1) is 10.1 Å².